The van der Waals surface area contributed by atoms with Crippen molar-refractivity contribution in [3.05, 3.63) is 65.4 Å². The van der Waals surface area contributed by atoms with Crippen molar-refractivity contribution in [2.75, 3.05) is 5.32 Å². The number of furan rings is 1. The molecule has 146 valence electrons. The highest BCUT2D eigenvalue weighted by atomic mass is 19.4. The second kappa shape index (κ2) is 7.22. The van der Waals surface area contributed by atoms with Crippen molar-refractivity contribution in [1.82, 2.24) is 9.78 Å². The van der Waals surface area contributed by atoms with E-state index in [9.17, 15) is 22.8 Å². The zero-order chi connectivity index (χ0) is 20.5. The van der Waals surface area contributed by atoms with Crippen LogP contribution in [0.5, 0.6) is 0 Å². The van der Waals surface area contributed by atoms with Crippen molar-refractivity contribution in [3.63, 3.8) is 0 Å². The van der Waals surface area contributed by atoms with E-state index in [2.05, 4.69) is 10.4 Å². The van der Waals surface area contributed by atoms with Crippen LogP contribution in [-0.4, -0.2) is 26.8 Å². The Balaban J connectivity index is 1.79. The van der Waals surface area contributed by atoms with Crippen LogP contribution in [0.4, 0.5) is 18.9 Å². The highest BCUT2D eigenvalue weighted by Gasteiger charge is 2.40. The van der Waals surface area contributed by atoms with Crippen LogP contribution in [0.2, 0.25) is 0 Å². The molecule has 28 heavy (non-hydrogen) atoms. The number of hydrogen-bond donors (Lipinski definition) is 2. The standard InChI is InChI=1S/C18H14F3N3O4/c1-10-2-7-13(28-10)8-15(25)23-11-3-5-12(6-4-11)24-16(18(19,20)21)14(9-22-24)17(26)27/h2-7,9H,8H2,1H3,(H,23,25)(H,26,27). The first kappa shape index (κ1) is 19.2. The topological polar surface area (TPSA) is 97.4 Å². The maximum Gasteiger partial charge on any atom is 0.434 e. The number of alkyl halides is 3. The molecule has 1 aromatic carbocycles. The molecule has 0 radical (unpaired) electrons. The zero-order valence-corrected chi connectivity index (χ0v) is 14.4. The number of anilines is 1. The molecule has 2 N–H and O–H groups in total. The van der Waals surface area contributed by atoms with Gasteiger partial charge >= 0.3 is 12.1 Å². The van der Waals surface area contributed by atoms with Crippen molar-refractivity contribution in [3.8, 4) is 5.69 Å². The monoisotopic (exact) mass is 393 g/mol. The average Bonchev–Trinajstić information content (AvgIpc) is 3.21. The summed E-state index contributed by atoms with van der Waals surface area (Å²) in [4.78, 5) is 23.0. The number of rotatable bonds is 5. The third-order valence-corrected chi connectivity index (χ3v) is 3.79. The summed E-state index contributed by atoms with van der Waals surface area (Å²) in [6.07, 6.45) is -4.25. The number of nitrogens with zero attached hydrogens (tertiary/aromatic N) is 2. The zero-order valence-electron chi connectivity index (χ0n) is 14.4. The molecule has 1 amide bonds. The minimum Gasteiger partial charge on any atom is -0.478 e. The van der Waals surface area contributed by atoms with Gasteiger partial charge in [-0.15, -0.1) is 0 Å². The van der Waals surface area contributed by atoms with Crippen LogP contribution >= 0.6 is 0 Å². The molecule has 0 spiro atoms. The highest BCUT2D eigenvalue weighted by molar-refractivity contribution is 5.92. The second-order valence-electron chi connectivity index (χ2n) is 5.91. The molecule has 7 nitrogen and oxygen atoms in total. The largest absolute Gasteiger partial charge is 0.478 e. The lowest BCUT2D eigenvalue weighted by Gasteiger charge is -2.12. The van der Waals surface area contributed by atoms with Gasteiger partial charge in [0.15, 0.2) is 5.69 Å². The first-order chi connectivity index (χ1) is 13.1. The number of benzene rings is 1. The van der Waals surface area contributed by atoms with Crippen LogP contribution in [0.3, 0.4) is 0 Å². The van der Waals surface area contributed by atoms with Gasteiger partial charge in [0, 0.05) is 5.69 Å². The van der Waals surface area contributed by atoms with E-state index in [4.69, 9.17) is 9.52 Å². The van der Waals surface area contributed by atoms with Gasteiger partial charge in [0.2, 0.25) is 5.91 Å². The van der Waals surface area contributed by atoms with E-state index < -0.39 is 23.4 Å². The summed E-state index contributed by atoms with van der Waals surface area (Å²) in [6.45, 7) is 1.75. The van der Waals surface area contributed by atoms with E-state index in [1.54, 1.807) is 19.1 Å². The smallest absolute Gasteiger partial charge is 0.434 e. The van der Waals surface area contributed by atoms with Crippen LogP contribution in [0.1, 0.15) is 27.6 Å². The molecule has 3 aromatic rings. The Hall–Kier alpha value is -3.56. The van der Waals surface area contributed by atoms with Crippen LogP contribution in [-0.2, 0) is 17.4 Å². The fourth-order valence-corrected chi connectivity index (χ4v) is 2.60. The molecule has 10 heteroatoms. The van der Waals surface area contributed by atoms with E-state index in [1.165, 1.54) is 24.3 Å². The Morgan fingerprint density at radius 3 is 2.39 bits per heavy atom. The molecule has 0 aliphatic heterocycles. The number of aryl methyl sites for hydroxylation is 1. The Kier molecular flexibility index (Phi) is 4.95. The third kappa shape index (κ3) is 4.05. The van der Waals surface area contributed by atoms with Gasteiger partial charge in [0.1, 0.15) is 17.1 Å². The van der Waals surface area contributed by atoms with E-state index in [0.717, 1.165) is 0 Å². The molecule has 0 aliphatic rings. The van der Waals surface area contributed by atoms with Crippen molar-refractivity contribution in [1.29, 1.82) is 0 Å². The van der Waals surface area contributed by atoms with Gasteiger partial charge in [-0.25, -0.2) is 9.48 Å². The number of carbonyl (C=O) groups is 2. The molecule has 0 fully saturated rings. The predicted molar refractivity (Wildman–Crippen MR) is 91.3 cm³/mol. The molecule has 0 unspecified atom stereocenters. The maximum absolute atomic E-state index is 13.3. The summed E-state index contributed by atoms with van der Waals surface area (Å²) in [7, 11) is 0. The molecular weight excluding hydrogens is 379 g/mol. The Bertz CT molecular complexity index is 1020. The molecular formula is C18H14F3N3O4. The van der Waals surface area contributed by atoms with Crippen molar-refractivity contribution >= 4 is 17.6 Å². The summed E-state index contributed by atoms with van der Waals surface area (Å²) in [6, 6.07) is 8.77. The molecule has 0 aliphatic carbocycles. The van der Waals surface area contributed by atoms with E-state index in [-0.39, 0.29) is 18.0 Å². The predicted octanol–water partition coefficient (Wildman–Crippen LogP) is 3.67. The lowest BCUT2D eigenvalue weighted by atomic mass is 10.2. The Morgan fingerprint density at radius 2 is 1.86 bits per heavy atom. The van der Waals surface area contributed by atoms with Crippen molar-refractivity contribution < 1.29 is 32.3 Å². The minimum absolute atomic E-state index is 0.000478. The summed E-state index contributed by atoms with van der Waals surface area (Å²) < 4.78 is 45.6. The van der Waals surface area contributed by atoms with Gasteiger partial charge in [-0.05, 0) is 43.3 Å². The first-order valence-corrected chi connectivity index (χ1v) is 7.99. The van der Waals surface area contributed by atoms with Gasteiger partial charge in [-0.3, -0.25) is 4.79 Å². The minimum atomic E-state index is -4.90. The molecule has 2 aromatic heterocycles. The first-order valence-electron chi connectivity index (χ1n) is 7.99. The van der Waals surface area contributed by atoms with Crippen molar-refractivity contribution in [2.24, 2.45) is 0 Å². The second-order valence-corrected chi connectivity index (χ2v) is 5.91. The summed E-state index contributed by atoms with van der Waals surface area (Å²) in [5, 5.41) is 15.1. The molecule has 2 heterocycles. The van der Waals surface area contributed by atoms with Gasteiger partial charge in [-0.2, -0.15) is 18.3 Å². The number of carboxylic acids is 1. The molecule has 0 saturated carbocycles. The fourth-order valence-electron chi connectivity index (χ4n) is 2.60. The van der Waals surface area contributed by atoms with E-state index in [1.807, 2.05) is 0 Å². The summed E-state index contributed by atoms with van der Waals surface area (Å²) in [5.41, 5.74) is -1.97. The summed E-state index contributed by atoms with van der Waals surface area (Å²) >= 11 is 0. The lowest BCUT2D eigenvalue weighted by Crippen LogP contribution is -2.17. The van der Waals surface area contributed by atoms with Crippen LogP contribution < -0.4 is 5.32 Å². The lowest BCUT2D eigenvalue weighted by molar-refractivity contribution is -0.143. The van der Waals surface area contributed by atoms with Gasteiger partial charge in [0.05, 0.1) is 18.3 Å². The molecule has 0 saturated heterocycles. The van der Waals surface area contributed by atoms with Gasteiger partial charge < -0.3 is 14.8 Å². The molecule has 0 bridgehead atoms. The number of hydrogen-bond acceptors (Lipinski definition) is 4. The third-order valence-electron chi connectivity index (χ3n) is 3.79. The SMILES string of the molecule is Cc1ccc(CC(=O)Nc2ccc(-n3ncc(C(=O)O)c3C(F)(F)F)cc2)o1. The van der Waals surface area contributed by atoms with Gasteiger partial charge in [0.25, 0.3) is 0 Å². The number of aromatic carboxylic acids is 1. The summed E-state index contributed by atoms with van der Waals surface area (Å²) in [5.74, 6) is -0.923. The number of amides is 1. The van der Waals surface area contributed by atoms with Crippen LogP contribution in [0.15, 0.2) is 47.0 Å². The quantitative estimate of drug-likeness (QED) is 0.689. The van der Waals surface area contributed by atoms with Crippen LogP contribution in [0, 0.1) is 6.92 Å². The molecule has 0 atom stereocenters. The van der Waals surface area contributed by atoms with Crippen molar-refractivity contribution in [2.45, 2.75) is 19.5 Å². The highest BCUT2D eigenvalue weighted by Crippen LogP contribution is 2.33. The fraction of sp³-hybridized carbons (Fsp3) is 0.167. The van der Waals surface area contributed by atoms with E-state index in [0.29, 0.717) is 28.1 Å². The average molecular weight is 393 g/mol. The number of halogens is 3. The maximum atomic E-state index is 13.3. The Labute approximate surface area is 156 Å². The Morgan fingerprint density at radius 1 is 1.18 bits per heavy atom. The number of carboxylic acid groups (broad SMARTS) is 1. The van der Waals surface area contributed by atoms with Gasteiger partial charge in [-0.1, -0.05) is 0 Å². The normalized spacial score (nSPS) is 11.4. The van der Waals surface area contributed by atoms with Crippen LogP contribution in [0.25, 0.3) is 5.69 Å². The number of nitrogens with one attached hydrogen (secondary N) is 1. The number of aromatic nitrogens is 2. The van der Waals surface area contributed by atoms with E-state index >= 15 is 0 Å². The molecule has 3 rings (SSSR count). The number of carbonyl (C=O) groups excluding carboxylic acids is 1.